The van der Waals surface area contributed by atoms with Crippen LogP contribution in [-0.4, -0.2) is 34.8 Å². The maximum Gasteiger partial charge on any atom is 0.142 e. The highest BCUT2D eigenvalue weighted by Crippen LogP contribution is 2.29. The molecule has 0 N–H and O–H groups in total. The molecule has 0 aromatic carbocycles. The molecule has 0 saturated carbocycles. The van der Waals surface area contributed by atoms with Crippen molar-refractivity contribution in [1.82, 2.24) is 14.7 Å². The highest BCUT2D eigenvalue weighted by atomic mass is 15.3. The Hall–Kier alpha value is -1.34. The largest absolute Gasteiger partial charge is 0.306 e. The summed E-state index contributed by atoms with van der Waals surface area (Å²) in [5, 5.41) is 14.0. The van der Waals surface area contributed by atoms with E-state index < -0.39 is 0 Å². The van der Waals surface area contributed by atoms with Crippen LogP contribution in [0.3, 0.4) is 0 Å². The number of piperidine rings is 1. The fourth-order valence-electron chi connectivity index (χ4n) is 3.03. The Morgan fingerprint density at radius 2 is 2.06 bits per heavy atom. The zero-order chi connectivity index (χ0) is 11.8. The predicted molar refractivity (Wildman–Crippen MR) is 64.7 cm³/mol. The van der Waals surface area contributed by atoms with Crippen LogP contribution in [0, 0.1) is 11.3 Å². The van der Waals surface area contributed by atoms with Crippen LogP contribution in [0.5, 0.6) is 0 Å². The first-order valence-electron chi connectivity index (χ1n) is 6.48. The molecule has 2 aliphatic rings. The topological polar surface area (TPSA) is 44.9 Å². The standard InChI is InChI=1S/C13H18N4/c1-16-7-5-10(6-8-16)17-13(9-14)11-3-2-4-12(11)15-17/h10H,2-8H2,1H3. The van der Waals surface area contributed by atoms with Crippen molar-refractivity contribution < 1.29 is 0 Å². The lowest BCUT2D eigenvalue weighted by molar-refractivity contribution is 0.211. The van der Waals surface area contributed by atoms with Crippen LogP contribution in [0.25, 0.3) is 0 Å². The molecule has 0 amide bonds. The van der Waals surface area contributed by atoms with E-state index in [4.69, 9.17) is 0 Å². The maximum atomic E-state index is 9.33. The van der Waals surface area contributed by atoms with Crippen molar-refractivity contribution in [3.63, 3.8) is 0 Å². The molecule has 90 valence electrons. The first-order chi connectivity index (χ1) is 8.29. The van der Waals surface area contributed by atoms with E-state index in [2.05, 4.69) is 23.1 Å². The third-order valence-electron chi connectivity index (χ3n) is 4.07. The van der Waals surface area contributed by atoms with E-state index in [0.717, 1.165) is 44.5 Å². The van der Waals surface area contributed by atoms with Gasteiger partial charge >= 0.3 is 0 Å². The molecule has 1 saturated heterocycles. The van der Waals surface area contributed by atoms with Crippen LogP contribution in [-0.2, 0) is 12.8 Å². The molecule has 1 aliphatic carbocycles. The zero-order valence-corrected chi connectivity index (χ0v) is 10.3. The normalized spacial score (nSPS) is 21.4. The number of likely N-dealkylation sites (tertiary alicyclic amines) is 1. The Morgan fingerprint density at radius 3 is 2.76 bits per heavy atom. The van der Waals surface area contributed by atoms with Crippen LogP contribution in [0.2, 0.25) is 0 Å². The number of nitriles is 1. The van der Waals surface area contributed by atoms with E-state index in [1.165, 1.54) is 17.7 Å². The Labute approximate surface area is 102 Å². The Morgan fingerprint density at radius 1 is 1.29 bits per heavy atom. The Bertz CT molecular complexity index is 460. The molecule has 0 bridgehead atoms. The number of hydrogen-bond acceptors (Lipinski definition) is 3. The lowest BCUT2D eigenvalue weighted by Crippen LogP contribution is -2.32. The summed E-state index contributed by atoms with van der Waals surface area (Å²) in [6.07, 6.45) is 5.51. The molecule has 0 radical (unpaired) electrons. The van der Waals surface area contributed by atoms with Crippen molar-refractivity contribution in [3.05, 3.63) is 17.0 Å². The first-order valence-corrected chi connectivity index (χ1v) is 6.48. The summed E-state index contributed by atoms with van der Waals surface area (Å²) in [6, 6.07) is 2.81. The molecule has 0 spiro atoms. The number of aromatic nitrogens is 2. The van der Waals surface area contributed by atoms with Crippen molar-refractivity contribution in [1.29, 1.82) is 5.26 Å². The van der Waals surface area contributed by atoms with E-state index in [9.17, 15) is 5.26 Å². The molecule has 17 heavy (non-hydrogen) atoms. The molecule has 1 aromatic heterocycles. The lowest BCUT2D eigenvalue weighted by Gasteiger charge is -2.29. The van der Waals surface area contributed by atoms with Gasteiger partial charge in [-0.3, -0.25) is 4.68 Å². The fraction of sp³-hybridized carbons (Fsp3) is 0.692. The minimum absolute atomic E-state index is 0.437. The summed E-state index contributed by atoms with van der Waals surface area (Å²) in [5.74, 6) is 0. The number of aryl methyl sites for hydroxylation is 1. The predicted octanol–water partition coefficient (Wildman–Crippen LogP) is 1.51. The second-order valence-electron chi connectivity index (χ2n) is 5.22. The first kappa shape index (κ1) is 10.8. The number of hydrogen-bond donors (Lipinski definition) is 0. The second kappa shape index (κ2) is 4.15. The Balaban J connectivity index is 1.91. The average Bonchev–Trinajstić information content (AvgIpc) is 2.89. The zero-order valence-electron chi connectivity index (χ0n) is 10.3. The van der Waals surface area contributed by atoms with Crippen molar-refractivity contribution in [3.8, 4) is 6.07 Å². The van der Waals surface area contributed by atoms with Gasteiger partial charge in [0.25, 0.3) is 0 Å². The van der Waals surface area contributed by atoms with Crippen molar-refractivity contribution >= 4 is 0 Å². The van der Waals surface area contributed by atoms with Crippen LogP contribution in [0.15, 0.2) is 0 Å². The number of nitrogens with zero attached hydrogens (tertiary/aromatic N) is 4. The minimum Gasteiger partial charge on any atom is -0.306 e. The summed E-state index contributed by atoms with van der Waals surface area (Å²) in [5.41, 5.74) is 3.25. The lowest BCUT2D eigenvalue weighted by atomic mass is 10.1. The molecule has 4 nitrogen and oxygen atoms in total. The number of fused-ring (bicyclic) bond motifs is 1. The Kier molecular flexibility index (Phi) is 2.64. The van der Waals surface area contributed by atoms with Gasteiger partial charge in [-0.25, -0.2) is 0 Å². The van der Waals surface area contributed by atoms with Crippen molar-refractivity contribution in [2.45, 2.75) is 38.1 Å². The third-order valence-corrected chi connectivity index (χ3v) is 4.07. The van der Waals surface area contributed by atoms with Crippen molar-refractivity contribution in [2.75, 3.05) is 20.1 Å². The molecule has 4 heteroatoms. The van der Waals surface area contributed by atoms with Gasteiger partial charge in [-0.2, -0.15) is 10.4 Å². The van der Waals surface area contributed by atoms with Crippen LogP contribution >= 0.6 is 0 Å². The van der Waals surface area contributed by atoms with Gasteiger partial charge < -0.3 is 4.90 Å². The molecule has 0 unspecified atom stereocenters. The van der Waals surface area contributed by atoms with Gasteiger partial charge in [0, 0.05) is 5.56 Å². The molecular formula is C13H18N4. The van der Waals surface area contributed by atoms with E-state index in [1.807, 2.05) is 4.68 Å². The summed E-state index contributed by atoms with van der Waals surface area (Å²) in [6.45, 7) is 2.22. The molecule has 1 aliphatic heterocycles. The number of rotatable bonds is 1. The van der Waals surface area contributed by atoms with Gasteiger partial charge in [0.2, 0.25) is 0 Å². The van der Waals surface area contributed by atoms with Crippen LogP contribution < -0.4 is 0 Å². The van der Waals surface area contributed by atoms with Gasteiger partial charge in [0.05, 0.1) is 11.7 Å². The minimum atomic E-state index is 0.437. The van der Waals surface area contributed by atoms with E-state index >= 15 is 0 Å². The summed E-state index contributed by atoms with van der Waals surface area (Å²) in [7, 11) is 2.16. The average molecular weight is 230 g/mol. The molecule has 3 rings (SSSR count). The van der Waals surface area contributed by atoms with Gasteiger partial charge in [-0.15, -0.1) is 0 Å². The highest BCUT2D eigenvalue weighted by Gasteiger charge is 2.27. The van der Waals surface area contributed by atoms with E-state index in [1.54, 1.807) is 0 Å². The van der Waals surface area contributed by atoms with Gasteiger partial charge in [-0.05, 0) is 52.2 Å². The second-order valence-corrected chi connectivity index (χ2v) is 5.22. The molecule has 1 aromatic rings. The van der Waals surface area contributed by atoms with Gasteiger partial charge in [0.1, 0.15) is 11.8 Å². The summed E-state index contributed by atoms with van der Waals surface area (Å²) < 4.78 is 2.02. The highest BCUT2D eigenvalue weighted by molar-refractivity contribution is 5.38. The van der Waals surface area contributed by atoms with Crippen LogP contribution in [0.4, 0.5) is 0 Å². The van der Waals surface area contributed by atoms with E-state index in [0.29, 0.717) is 6.04 Å². The SMILES string of the molecule is CN1CCC(n2nc3c(c2C#N)CCC3)CC1. The molecule has 2 heterocycles. The van der Waals surface area contributed by atoms with E-state index in [-0.39, 0.29) is 0 Å². The van der Waals surface area contributed by atoms with Gasteiger partial charge in [-0.1, -0.05) is 0 Å². The third kappa shape index (κ3) is 1.75. The monoisotopic (exact) mass is 230 g/mol. The summed E-state index contributed by atoms with van der Waals surface area (Å²) in [4.78, 5) is 2.35. The quantitative estimate of drug-likeness (QED) is 0.734. The van der Waals surface area contributed by atoms with Gasteiger partial charge in [0.15, 0.2) is 0 Å². The smallest absolute Gasteiger partial charge is 0.142 e. The molecular weight excluding hydrogens is 212 g/mol. The molecule has 0 atom stereocenters. The maximum absolute atomic E-state index is 9.33. The fourth-order valence-corrected chi connectivity index (χ4v) is 3.03. The summed E-state index contributed by atoms with van der Waals surface area (Å²) >= 11 is 0. The van der Waals surface area contributed by atoms with Crippen molar-refractivity contribution in [2.24, 2.45) is 0 Å². The van der Waals surface area contributed by atoms with Crippen LogP contribution in [0.1, 0.15) is 42.3 Å². The molecule has 1 fully saturated rings.